The van der Waals surface area contributed by atoms with Gasteiger partial charge in [0.05, 0.1) is 19.2 Å². The number of rotatable bonds is 9. The van der Waals surface area contributed by atoms with Crippen LogP contribution in [0.2, 0.25) is 0 Å². The molecule has 39 heavy (non-hydrogen) atoms. The van der Waals surface area contributed by atoms with E-state index in [9.17, 15) is 18.6 Å². The van der Waals surface area contributed by atoms with Crippen molar-refractivity contribution in [3.63, 3.8) is 0 Å². The Kier molecular flexibility index (Phi) is 8.05. The fraction of sp³-hybridized carbons (Fsp3) is 0.259. The van der Waals surface area contributed by atoms with E-state index < -0.39 is 22.2 Å². The molecule has 0 spiro atoms. The predicted molar refractivity (Wildman–Crippen MR) is 139 cm³/mol. The van der Waals surface area contributed by atoms with E-state index in [1.165, 1.54) is 18.6 Å². The molecular formula is C27H26F2N4O6. The number of fused-ring (bicyclic) bond motifs is 1. The minimum absolute atomic E-state index is 0.140. The number of nitrogens with zero attached hydrogens (tertiary/aromatic N) is 4. The van der Waals surface area contributed by atoms with Gasteiger partial charge in [0.25, 0.3) is 5.88 Å². The lowest BCUT2D eigenvalue weighted by atomic mass is 9.99. The Morgan fingerprint density at radius 2 is 1.74 bits per heavy atom. The summed E-state index contributed by atoms with van der Waals surface area (Å²) in [7, 11) is 4.65. The number of methoxy groups -OCH3 is 2. The highest BCUT2D eigenvalue weighted by molar-refractivity contribution is 5.95. The lowest BCUT2D eigenvalue weighted by Gasteiger charge is -2.17. The molecule has 0 unspecified atom stereocenters. The zero-order valence-corrected chi connectivity index (χ0v) is 21.9. The van der Waals surface area contributed by atoms with Gasteiger partial charge in [-0.25, -0.2) is 4.98 Å². The number of amides is 1. The number of carbonyl (C=O) groups is 1. The van der Waals surface area contributed by atoms with Crippen molar-refractivity contribution < 1.29 is 32.7 Å². The first-order valence-corrected chi connectivity index (χ1v) is 11.8. The van der Waals surface area contributed by atoms with Crippen LogP contribution in [-0.2, 0) is 11.8 Å². The van der Waals surface area contributed by atoms with Gasteiger partial charge in [0.1, 0.15) is 23.4 Å². The Morgan fingerprint density at radius 3 is 2.38 bits per heavy atom. The van der Waals surface area contributed by atoms with Crippen LogP contribution in [0.3, 0.4) is 0 Å². The first-order chi connectivity index (χ1) is 18.7. The van der Waals surface area contributed by atoms with Gasteiger partial charge in [-0.1, -0.05) is 21.1 Å². The number of carbonyl (C=O) groups excluding carboxylic acids is 1. The van der Waals surface area contributed by atoms with Crippen molar-refractivity contribution in [2.75, 3.05) is 27.4 Å². The van der Waals surface area contributed by atoms with Gasteiger partial charge in [-0.3, -0.25) is 14.6 Å². The lowest BCUT2D eigenvalue weighted by Crippen LogP contribution is -2.29. The topological polar surface area (TPSA) is 105 Å². The first kappa shape index (κ1) is 27.5. The van der Waals surface area contributed by atoms with Crippen LogP contribution in [0, 0.1) is 13.8 Å². The molecule has 3 aromatic heterocycles. The quantitative estimate of drug-likeness (QED) is 0.223. The van der Waals surface area contributed by atoms with Crippen molar-refractivity contribution in [2.24, 2.45) is 7.05 Å². The van der Waals surface area contributed by atoms with Gasteiger partial charge in [-0.05, 0) is 31.5 Å². The smallest absolute Gasteiger partial charge is 0.319 e. The van der Waals surface area contributed by atoms with E-state index in [2.05, 4.69) is 9.97 Å². The van der Waals surface area contributed by atoms with Crippen molar-refractivity contribution in [2.45, 2.75) is 13.8 Å². The van der Waals surface area contributed by atoms with E-state index in [-0.39, 0.29) is 17.1 Å². The van der Waals surface area contributed by atoms with Crippen LogP contribution in [0.5, 0.6) is 23.1 Å². The molecule has 1 aromatic carbocycles. The maximum atomic E-state index is 13.1. The van der Waals surface area contributed by atoms with Crippen LogP contribution in [0.4, 0.5) is 8.96 Å². The lowest BCUT2D eigenvalue weighted by molar-refractivity contribution is -0.108. The Bertz CT molecular complexity index is 1590. The second-order valence-electron chi connectivity index (χ2n) is 8.49. The van der Waals surface area contributed by atoms with Gasteiger partial charge in [-0.2, -0.15) is 0 Å². The summed E-state index contributed by atoms with van der Waals surface area (Å²) in [5.74, 6) is -0.176. The Hall–Kier alpha value is -4.58. The van der Waals surface area contributed by atoms with Gasteiger partial charge >= 0.3 is 5.91 Å². The Balaban J connectivity index is 1.69. The summed E-state index contributed by atoms with van der Waals surface area (Å²) < 4.78 is 49.7. The molecule has 0 atom stereocenters. The van der Waals surface area contributed by atoms with Gasteiger partial charge in [-0.15, -0.1) is 0 Å². The predicted octanol–water partition coefficient (Wildman–Crippen LogP) is 4.65. The summed E-state index contributed by atoms with van der Waals surface area (Å²) in [5, 5.41) is -1.59. The zero-order chi connectivity index (χ0) is 28.3. The molecule has 204 valence electrons. The average molecular weight is 541 g/mol. The number of hydrogen-bond acceptors (Lipinski definition) is 8. The first-order valence-electron chi connectivity index (χ1n) is 11.8. The zero-order valence-electron chi connectivity index (χ0n) is 21.9. The normalized spacial score (nSPS) is 10.9. The number of ether oxygens (including phenoxy) is 4. The second-order valence-corrected chi connectivity index (χ2v) is 8.49. The standard InChI is InChI=1S/C27H26F2N4O6/c1-15-22(25(34)23(16(2)32(15)3)27(35)33(28)29)17-6-8-18(9-7-17)39-20-10-11-30-19-14-21(38-13-12-36-4)26(37-5)31-24(19)20/h6-11,14H,12-13H2,1-5H3. The number of halogens is 2. The maximum Gasteiger partial charge on any atom is 0.319 e. The highest BCUT2D eigenvalue weighted by Gasteiger charge is 2.26. The molecule has 12 heteroatoms. The van der Waals surface area contributed by atoms with Crippen LogP contribution in [0.15, 0.2) is 47.4 Å². The van der Waals surface area contributed by atoms with Crippen LogP contribution in [0.25, 0.3) is 22.2 Å². The molecular weight excluding hydrogens is 514 g/mol. The molecule has 0 aliphatic rings. The van der Waals surface area contributed by atoms with Gasteiger partial charge < -0.3 is 23.5 Å². The number of benzene rings is 1. The molecule has 1 amide bonds. The van der Waals surface area contributed by atoms with Crippen LogP contribution >= 0.6 is 0 Å². The highest BCUT2D eigenvalue weighted by atomic mass is 19.4. The third-order valence-corrected chi connectivity index (χ3v) is 6.27. The summed E-state index contributed by atoms with van der Waals surface area (Å²) >= 11 is 0. The maximum absolute atomic E-state index is 13.1. The van der Waals surface area contributed by atoms with E-state index >= 15 is 0 Å². The Labute approximate surface area is 222 Å². The van der Waals surface area contributed by atoms with Crippen molar-refractivity contribution in [3.05, 3.63) is 69.8 Å². The van der Waals surface area contributed by atoms with Crippen LogP contribution < -0.4 is 19.6 Å². The monoisotopic (exact) mass is 540 g/mol. The summed E-state index contributed by atoms with van der Waals surface area (Å²) in [4.78, 5) is 34.0. The van der Waals surface area contributed by atoms with Crippen LogP contribution in [-0.4, -0.2) is 53.2 Å². The van der Waals surface area contributed by atoms with Gasteiger partial charge in [0, 0.05) is 54.8 Å². The summed E-state index contributed by atoms with van der Waals surface area (Å²) in [6.45, 7) is 3.83. The largest absolute Gasteiger partial charge is 0.485 e. The molecule has 0 N–H and O–H groups in total. The molecule has 0 saturated heterocycles. The SMILES string of the molecule is COCCOc1cc2nccc(Oc3ccc(-c4c(C)n(C)c(C)c(C(=O)N(F)F)c4=O)cc3)c2nc1OC. The summed E-state index contributed by atoms with van der Waals surface area (Å²) in [5.41, 5.74) is 0.837. The van der Waals surface area contributed by atoms with Crippen LogP contribution in [0.1, 0.15) is 21.7 Å². The summed E-state index contributed by atoms with van der Waals surface area (Å²) in [6.07, 6.45) is 1.57. The molecule has 0 radical (unpaired) electrons. The fourth-order valence-corrected chi connectivity index (χ4v) is 4.11. The van der Waals surface area contributed by atoms with E-state index in [0.29, 0.717) is 52.8 Å². The van der Waals surface area contributed by atoms with E-state index in [1.54, 1.807) is 63.7 Å². The molecule has 4 aromatic rings. The molecule has 0 saturated carbocycles. The highest BCUT2D eigenvalue weighted by Crippen LogP contribution is 2.34. The third-order valence-electron chi connectivity index (χ3n) is 6.27. The summed E-state index contributed by atoms with van der Waals surface area (Å²) in [6, 6.07) is 9.81. The molecule has 0 bridgehead atoms. The van der Waals surface area contributed by atoms with Gasteiger partial charge in [0.2, 0.25) is 5.43 Å². The minimum Gasteiger partial charge on any atom is -0.485 e. The van der Waals surface area contributed by atoms with Crippen molar-refractivity contribution >= 4 is 16.9 Å². The van der Waals surface area contributed by atoms with E-state index in [4.69, 9.17) is 18.9 Å². The average Bonchev–Trinajstić information content (AvgIpc) is 2.92. The molecule has 4 rings (SSSR count). The number of aromatic nitrogens is 3. The fourth-order valence-electron chi connectivity index (χ4n) is 4.11. The van der Waals surface area contributed by atoms with Crippen molar-refractivity contribution in [1.29, 1.82) is 0 Å². The molecule has 3 heterocycles. The molecule has 0 fully saturated rings. The molecule has 0 aliphatic carbocycles. The minimum atomic E-state index is -1.66. The molecule has 0 aliphatic heterocycles. The number of pyridine rings is 3. The van der Waals surface area contributed by atoms with Crippen molar-refractivity contribution in [3.8, 4) is 34.3 Å². The van der Waals surface area contributed by atoms with Gasteiger partial charge in [0.15, 0.2) is 11.5 Å². The molecule has 10 nitrogen and oxygen atoms in total. The second kappa shape index (κ2) is 11.4. The van der Waals surface area contributed by atoms with E-state index in [0.717, 1.165) is 0 Å². The number of hydrogen-bond donors (Lipinski definition) is 0. The Morgan fingerprint density at radius 1 is 1.03 bits per heavy atom. The third kappa shape index (κ3) is 5.36. The van der Waals surface area contributed by atoms with Crippen molar-refractivity contribution in [1.82, 2.24) is 19.9 Å². The van der Waals surface area contributed by atoms with E-state index in [1.807, 2.05) is 0 Å².